The largest absolute Gasteiger partial charge is 0.448 e. The molecule has 4 rings (SSSR count). The van der Waals surface area contributed by atoms with Crippen molar-refractivity contribution in [2.24, 2.45) is 0 Å². The zero-order valence-electron chi connectivity index (χ0n) is 23.3. The molecule has 3 atom stereocenters. The lowest BCUT2D eigenvalue weighted by Gasteiger charge is -2.41. The van der Waals surface area contributed by atoms with Crippen LogP contribution in [0.2, 0.25) is 5.02 Å². The summed E-state index contributed by atoms with van der Waals surface area (Å²) in [6, 6.07) is 9.23. The maximum Gasteiger partial charge on any atom is 0.416 e. The topological polar surface area (TPSA) is 70.2 Å². The van der Waals surface area contributed by atoms with Crippen LogP contribution in [0.5, 0.6) is 0 Å². The fourth-order valence-corrected chi connectivity index (χ4v) is 7.72. The number of carbonyl (C=O) groups excluding carboxylic acids is 1. The molecule has 0 spiro atoms. The predicted molar refractivity (Wildman–Crippen MR) is 151 cm³/mol. The van der Waals surface area contributed by atoms with Crippen molar-refractivity contribution in [2.45, 2.75) is 75.1 Å². The van der Waals surface area contributed by atoms with Crippen LogP contribution in [0.25, 0.3) is 0 Å². The van der Waals surface area contributed by atoms with Gasteiger partial charge in [0.25, 0.3) is 0 Å². The fourth-order valence-electron chi connectivity index (χ4n) is 5.74. The minimum atomic E-state index is -4.57. The molecule has 2 saturated heterocycles. The first-order chi connectivity index (χ1) is 19.4. The van der Waals surface area contributed by atoms with Gasteiger partial charge >= 0.3 is 12.3 Å². The normalized spacial score (nSPS) is 22.0. The summed E-state index contributed by atoms with van der Waals surface area (Å²) in [6.45, 7) is 6.60. The zero-order chi connectivity index (χ0) is 29.8. The summed E-state index contributed by atoms with van der Waals surface area (Å²) in [7, 11) is -4.19. The van der Waals surface area contributed by atoms with Crippen molar-refractivity contribution in [3.05, 3.63) is 64.7 Å². The van der Waals surface area contributed by atoms with E-state index in [1.807, 2.05) is 0 Å². The average Bonchev–Trinajstić information content (AvgIpc) is 2.95. The highest BCUT2D eigenvalue weighted by atomic mass is 35.5. The van der Waals surface area contributed by atoms with Crippen LogP contribution in [-0.2, 0) is 20.9 Å². The molecule has 2 heterocycles. The molecule has 2 aromatic carbocycles. The second-order valence-corrected chi connectivity index (χ2v) is 13.0. The van der Waals surface area contributed by atoms with E-state index in [2.05, 4.69) is 18.7 Å². The van der Waals surface area contributed by atoms with Gasteiger partial charge in [0.1, 0.15) is 6.61 Å². The number of ether oxygens (including phenoxy) is 1. The van der Waals surface area contributed by atoms with Crippen molar-refractivity contribution >= 4 is 27.7 Å². The molecule has 1 amide bonds. The van der Waals surface area contributed by atoms with Crippen molar-refractivity contribution < 1.29 is 31.1 Å². The van der Waals surface area contributed by atoms with Gasteiger partial charge in [0.15, 0.2) is 0 Å². The van der Waals surface area contributed by atoms with E-state index >= 15 is 0 Å². The molecule has 1 unspecified atom stereocenters. The lowest BCUT2D eigenvalue weighted by molar-refractivity contribution is -0.137. The molecule has 7 nitrogen and oxygen atoms in total. The molecular formula is C29H37ClF3N3O4S. The molecule has 41 heavy (non-hydrogen) atoms. The lowest BCUT2D eigenvalue weighted by atomic mass is 9.92. The molecule has 0 aromatic heterocycles. The fraction of sp³-hybridized carbons (Fsp3) is 0.552. The SMILES string of the molecule is CCCC(C)N1CCN(C(=O)OC[C@H]2CCC[C@@H](c3cccc(C(F)(F)F)c3)N2S(=O)(=O)c2ccc(Cl)cc2)CC1. The summed E-state index contributed by atoms with van der Waals surface area (Å²) in [5.41, 5.74) is -0.606. The van der Waals surface area contributed by atoms with Gasteiger partial charge in [-0.25, -0.2) is 13.2 Å². The van der Waals surface area contributed by atoms with E-state index in [9.17, 15) is 26.4 Å². The summed E-state index contributed by atoms with van der Waals surface area (Å²) >= 11 is 5.98. The second kappa shape index (κ2) is 13.3. The molecule has 226 valence electrons. The van der Waals surface area contributed by atoms with Crippen LogP contribution in [0.15, 0.2) is 53.4 Å². The first kappa shape index (κ1) is 31.6. The van der Waals surface area contributed by atoms with Crippen molar-refractivity contribution in [3.8, 4) is 0 Å². The molecule has 2 aromatic rings. The van der Waals surface area contributed by atoms with Crippen LogP contribution in [0.1, 0.15) is 63.1 Å². The summed E-state index contributed by atoms with van der Waals surface area (Å²) in [5.74, 6) is 0. The molecule has 0 aliphatic carbocycles. The Bertz CT molecular complexity index is 1280. The number of alkyl halides is 3. The Kier molecular flexibility index (Phi) is 10.3. The first-order valence-corrected chi connectivity index (χ1v) is 15.9. The van der Waals surface area contributed by atoms with Crippen molar-refractivity contribution in [2.75, 3.05) is 32.8 Å². The maximum atomic E-state index is 14.0. The summed E-state index contributed by atoms with van der Waals surface area (Å²) in [6.07, 6.45) is -1.63. The van der Waals surface area contributed by atoms with Crippen molar-refractivity contribution in [1.29, 1.82) is 0 Å². The van der Waals surface area contributed by atoms with Crippen LogP contribution in [0, 0.1) is 0 Å². The predicted octanol–water partition coefficient (Wildman–Crippen LogP) is 6.59. The molecule has 2 fully saturated rings. The first-order valence-electron chi connectivity index (χ1n) is 14.0. The van der Waals surface area contributed by atoms with Crippen LogP contribution >= 0.6 is 11.6 Å². The van der Waals surface area contributed by atoms with Gasteiger partial charge in [0.05, 0.1) is 22.5 Å². The van der Waals surface area contributed by atoms with Gasteiger partial charge in [-0.05, 0) is 74.6 Å². The monoisotopic (exact) mass is 615 g/mol. The molecule has 0 saturated carbocycles. The molecule has 12 heteroatoms. The van der Waals surface area contributed by atoms with E-state index in [0.717, 1.165) is 38.1 Å². The number of piperidine rings is 1. The van der Waals surface area contributed by atoms with Gasteiger partial charge in [0.2, 0.25) is 10.0 Å². The van der Waals surface area contributed by atoms with Gasteiger partial charge in [-0.3, -0.25) is 4.90 Å². The Morgan fingerprint density at radius 1 is 1.07 bits per heavy atom. The van der Waals surface area contributed by atoms with Gasteiger partial charge < -0.3 is 9.64 Å². The average molecular weight is 616 g/mol. The van der Waals surface area contributed by atoms with E-state index in [4.69, 9.17) is 16.3 Å². The molecule has 2 aliphatic rings. The number of rotatable bonds is 8. The molecule has 0 bridgehead atoms. The van der Waals surface area contributed by atoms with E-state index in [1.54, 1.807) is 4.90 Å². The van der Waals surface area contributed by atoms with Crippen molar-refractivity contribution in [1.82, 2.24) is 14.1 Å². The third-order valence-electron chi connectivity index (χ3n) is 7.97. The number of hydrogen-bond acceptors (Lipinski definition) is 5. The van der Waals surface area contributed by atoms with E-state index in [-0.39, 0.29) is 17.1 Å². The number of amides is 1. The number of hydrogen-bond donors (Lipinski definition) is 0. The smallest absolute Gasteiger partial charge is 0.416 e. The second-order valence-electron chi connectivity index (χ2n) is 10.8. The number of sulfonamides is 1. The molecule has 0 radical (unpaired) electrons. The number of nitrogens with zero attached hydrogens (tertiary/aromatic N) is 3. The van der Waals surface area contributed by atoms with Gasteiger partial charge in [0, 0.05) is 37.2 Å². The minimum Gasteiger partial charge on any atom is -0.448 e. The van der Waals surface area contributed by atoms with E-state index < -0.39 is 39.9 Å². The minimum absolute atomic E-state index is 0.0329. The Balaban J connectivity index is 1.56. The maximum absolute atomic E-state index is 14.0. The number of carbonyl (C=O) groups is 1. The van der Waals surface area contributed by atoms with E-state index in [0.29, 0.717) is 43.4 Å². The third kappa shape index (κ3) is 7.55. The lowest BCUT2D eigenvalue weighted by Crippen LogP contribution is -2.52. The van der Waals surface area contributed by atoms with Gasteiger partial charge in [-0.15, -0.1) is 0 Å². The van der Waals surface area contributed by atoms with Gasteiger partial charge in [-0.1, -0.05) is 37.1 Å². The third-order valence-corrected chi connectivity index (χ3v) is 10.2. The highest BCUT2D eigenvalue weighted by Gasteiger charge is 2.42. The highest BCUT2D eigenvalue weighted by molar-refractivity contribution is 7.89. The standard InChI is InChI=1S/C29H37ClF3N3O4S/c1-3-6-21(2)34-15-17-35(18-16-34)28(37)40-20-25-9-5-10-27(22-7-4-8-23(19-22)29(31,32)33)36(25)41(38,39)26-13-11-24(30)12-14-26/h4,7-8,11-14,19,21,25,27H,3,5-6,9-10,15-18,20H2,1-2H3/t21?,25-,27+/m1/s1. The summed E-state index contributed by atoms with van der Waals surface area (Å²) < 4.78 is 75.4. The van der Waals surface area contributed by atoms with Gasteiger partial charge in [-0.2, -0.15) is 17.5 Å². The Hall–Kier alpha value is -2.34. The molecule has 0 N–H and O–H groups in total. The van der Waals surface area contributed by atoms with Crippen LogP contribution < -0.4 is 0 Å². The summed E-state index contributed by atoms with van der Waals surface area (Å²) in [4.78, 5) is 16.9. The number of halogens is 4. The summed E-state index contributed by atoms with van der Waals surface area (Å²) in [5, 5.41) is 0.353. The Labute approximate surface area is 245 Å². The number of piperazine rings is 1. The van der Waals surface area contributed by atoms with Crippen LogP contribution in [0.4, 0.5) is 18.0 Å². The van der Waals surface area contributed by atoms with E-state index in [1.165, 1.54) is 40.7 Å². The molecular weight excluding hydrogens is 579 g/mol. The number of benzene rings is 2. The highest BCUT2D eigenvalue weighted by Crippen LogP contribution is 2.41. The Morgan fingerprint density at radius 2 is 1.76 bits per heavy atom. The van der Waals surface area contributed by atoms with Crippen LogP contribution in [0.3, 0.4) is 0 Å². The van der Waals surface area contributed by atoms with Crippen molar-refractivity contribution in [3.63, 3.8) is 0 Å². The zero-order valence-corrected chi connectivity index (χ0v) is 24.9. The quantitative estimate of drug-likeness (QED) is 0.335. The van der Waals surface area contributed by atoms with Crippen LogP contribution in [-0.4, -0.2) is 73.5 Å². The Morgan fingerprint density at radius 3 is 2.39 bits per heavy atom. The molecule has 2 aliphatic heterocycles.